The van der Waals surface area contributed by atoms with Crippen LogP contribution in [0.3, 0.4) is 0 Å². The molecule has 1 aromatic carbocycles. The first-order valence-electron chi connectivity index (χ1n) is 6.39. The van der Waals surface area contributed by atoms with Gasteiger partial charge in [-0.15, -0.1) is 0 Å². The Balaban J connectivity index is 1.80. The van der Waals surface area contributed by atoms with E-state index in [1.54, 1.807) is 36.1 Å². The minimum absolute atomic E-state index is 0.0433. The lowest BCUT2D eigenvalue weighted by atomic mass is 10.3. The predicted molar refractivity (Wildman–Crippen MR) is 75.1 cm³/mol. The molecule has 2 amide bonds. The van der Waals surface area contributed by atoms with Gasteiger partial charge in [-0.3, -0.25) is 9.59 Å². The molecule has 1 fully saturated rings. The molecular formula is C14H17ClN2O2. The van der Waals surface area contributed by atoms with Gasteiger partial charge >= 0.3 is 0 Å². The van der Waals surface area contributed by atoms with E-state index in [1.165, 1.54) is 0 Å². The zero-order valence-corrected chi connectivity index (χ0v) is 11.6. The van der Waals surface area contributed by atoms with Crippen molar-refractivity contribution in [2.45, 2.75) is 32.2 Å². The van der Waals surface area contributed by atoms with Crippen LogP contribution in [0.2, 0.25) is 5.02 Å². The summed E-state index contributed by atoms with van der Waals surface area (Å²) in [5, 5.41) is 3.42. The molecule has 0 aliphatic heterocycles. The number of halogens is 1. The van der Waals surface area contributed by atoms with Gasteiger partial charge in [0, 0.05) is 36.6 Å². The maximum absolute atomic E-state index is 11.8. The zero-order chi connectivity index (χ0) is 13.8. The number of carbonyl (C=O) groups is 2. The molecular weight excluding hydrogens is 264 g/mol. The summed E-state index contributed by atoms with van der Waals surface area (Å²) in [5.41, 5.74) is 0.718. The summed E-state index contributed by atoms with van der Waals surface area (Å²) in [6.45, 7) is 2.04. The number of nitrogens with one attached hydrogen (secondary N) is 1. The van der Waals surface area contributed by atoms with E-state index in [0.29, 0.717) is 24.0 Å². The van der Waals surface area contributed by atoms with Gasteiger partial charge in [0.15, 0.2) is 0 Å². The van der Waals surface area contributed by atoms with Crippen LogP contribution < -0.4 is 5.32 Å². The molecule has 0 bridgehead atoms. The second-order valence-corrected chi connectivity index (χ2v) is 5.19. The number of carbonyl (C=O) groups excluding carboxylic acids is 2. The highest BCUT2D eigenvalue weighted by Crippen LogP contribution is 2.26. The topological polar surface area (TPSA) is 49.4 Å². The standard InChI is InChI=1S/C14H17ClN2O2/c1-10(18)17(13-6-7-13)9-8-14(19)16-12-4-2-11(15)3-5-12/h2-5,13H,6-9H2,1H3,(H,16,19). The molecule has 19 heavy (non-hydrogen) atoms. The van der Waals surface area contributed by atoms with Gasteiger partial charge in [-0.2, -0.15) is 0 Å². The fraction of sp³-hybridized carbons (Fsp3) is 0.429. The van der Waals surface area contributed by atoms with Crippen molar-refractivity contribution in [2.75, 3.05) is 11.9 Å². The summed E-state index contributed by atoms with van der Waals surface area (Å²) in [4.78, 5) is 25.0. The van der Waals surface area contributed by atoms with Crippen molar-refractivity contribution < 1.29 is 9.59 Å². The first-order chi connectivity index (χ1) is 9.06. The molecule has 0 atom stereocenters. The highest BCUT2D eigenvalue weighted by Gasteiger charge is 2.30. The summed E-state index contributed by atoms with van der Waals surface area (Å²) in [6, 6.07) is 7.31. The molecule has 2 rings (SSSR count). The Labute approximate surface area is 117 Å². The van der Waals surface area contributed by atoms with Crippen molar-refractivity contribution in [3.05, 3.63) is 29.3 Å². The molecule has 0 aromatic heterocycles. The van der Waals surface area contributed by atoms with Crippen LogP contribution in [0.1, 0.15) is 26.2 Å². The molecule has 0 spiro atoms. The van der Waals surface area contributed by atoms with Gasteiger partial charge in [-0.1, -0.05) is 11.6 Å². The lowest BCUT2D eigenvalue weighted by molar-refractivity contribution is -0.129. The third-order valence-corrected chi connectivity index (χ3v) is 3.35. The van der Waals surface area contributed by atoms with Crippen molar-refractivity contribution in [1.29, 1.82) is 0 Å². The van der Waals surface area contributed by atoms with Crippen molar-refractivity contribution >= 4 is 29.1 Å². The minimum atomic E-state index is -0.0887. The van der Waals surface area contributed by atoms with Gasteiger partial charge in [0.25, 0.3) is 0 Å². The summed E-state index contributed by atoms with van der Waals surface area (Å²) in [6.07, 6.45) is 2.43. The maximum Gasteiger partial charge on any atom is 0.226 e. The van der Waals surface area contributed by atoms with Crippen molar-refractivity contribution in [1.82, 2.24) is 4.90 Å². The maximum atomic E-state index is 11.8. The fourth-order valence-electron chi connectivity index (χ4n) is 1.96. The molecule has 102 valence electrons. The number of anilines is 1. The molecule has 5 heteroatoms. The van der Waals surface area contributed by atoms with Gasteiger partial charge < -0.3 is 10.2 Å². The molecule has 0 heterocycles. The van der Waals surface area contributed by atoms with E-state index < -0.39 is 0 Å². The van der Waals surface area contributed by atoms with Crippen LogP contribution in [0.4, 0.5) is 5.69 Å². The lowest BCUT2D eigenvalue weighted by Gasteiger charge is -2.20. The lowest BCUT2D eigenvalue weighted by Crippen LogP contribution is -2.33. The normalized spacial score (nSPS) is 14.0. The summed E-state index contributed by atoms with van der Waals surface area (Å²) in [5.74, 6) is -0.0454. The predicted octanol–water partition coefficient (Wildman–Crippen LogP) is 2.68. The molecule has 0 unspecified atom stereocenters. The quantitative estimate of drug-likeness (QED) is 0.901. The molecule has 1 aliphatic carbocycles. The number of rotatable bonds is 5. The largest absolute Gasteiger partial charge is 0.339 e. The van der Waals surface area contributed by atoms with Gasteiger partial charge in [-0.25, -0.2) is 0 Å². The Kier molecular flexibility index (Phi) is 4.43. The van der Waals surface area contributed by atoms with Crippen LogP contribution in [0.25, 0.3) is 0 Å². The Morgan fingerprint density at radius 3 is 2.47 bits per heavy atom. The molecule has 1 saturated carbocycles. The van der Waals surface area contributed by atoms with E-state index in [1.807, 2.05) is 0 Å². The van der Waals surface area contributed by atoms with Crippen LogP contribution in [-0.4, -0.2) is 29.3 Å². The fourth-order valence-corrected chi connectivity index (χ4v) is 2.09. The molecule has 0 saturated heterocycles. The third-order valence-electron chi connectivity index (χ3n) is 3.10. The van der Waals surface area contributed by atoms with Crippen LogP contribution >= 0.6 is 11.6 Å². The SMILES string of the molecule is CC(=O)N(CCC(=O)Nc1ccc(Cl)cc1)C1CC1. The number of benzene rings is 1. The summed E-state index contributed by atoms with van der Waals surface area (Å²) in [7, 11) is 0. The molecule has 1 aromatic rings. The first kappa shape index (κ1) is 13.9. The number of nitrogens with zero attached hydrogens (tertiary/aromatic N) is 1. The van der Waals surface area contributed by atoms with Gasteiger partial charge in [0.2, 0.25) is 11.8 Å². The highest BCUT2D eigenvalue weighted by atomic mass is 35.5. The molecule has 1 aliphatic rings. The Morgan fingerprint density at radius 2 is 1.95 bits per heavy atom. The zero-order valence-electron chi connectivity index (χ0n) is 10.9. The molecule has 0 radical (unpaired) electrons. The number of hydrogen-bond donors (Lipinski definition) is 1. The average molecular weight is 281 g/mol. The number of hydrogen-bond acceptors (Lipinski definition) is 2. The number of amides is 2. The second-order valence-electron chi connectivity index (χ2n) is 4.75. The van der Waals surface area contributed by atoms with E-state index in [4.69, 9.17) is 11.6 Å². The Morgan fingerprint density at radius 1 is 1.32 bits per heavy atom. The Hall–Kier alpha value is -1.55. The third kappa shape index (κ3) is 4.24. The average Bonchev–Trinajstić information content (AvgIpc) is 3.16. The van der Waals surface area contributed by atoms with Crippen molar-refractivity contribution in [2.24, 2.45) is 0 Å². The monoisotopic (exact) mass is 280 g/mol. The Bertz CT molecular complexity index is 469. The van der Waals surface area contributed by atoms with E-state index >= 15 is 0 Å². The summed E-state index contributed by atoms with van der Waals surface area (Å²) >= 11 is 5.77. The van der Waals surface area contributed by atoms with E-state index in [-0.39, 0.29) is 11.8 Å². The van der Waals surface area contributed by atoms with Crippen molar-refractivity contribution in [3.8, 4) is 0 Å². The van der Waals surface area contributed by atoms with Gasteiger partial charge in [0.05, 0.1) is 0 Å². The van der Waals surface area contributed by atoms with Gasteiger partial charge in [0.1, 0.15) is 0 Å². The van der Waals surface area contributed by atoms with Gasteiger partial charge in [-0.05, 0) is 37.1 Å². The van der Waals surface area contributed by atoms with Crippen LogP contribution in [0.15, 0.2) is 24.3 Å². The van der Waals surface area contributed by atoms with Crippen molar-refractivity contribution in [3.63, 3.8) is 0 Å². The van der Waals surface area contributed by atoms with E-state index in [9.17, 15) is 9.59 Å². The molecule has 4 nitrogen and oxygen atoms in total. The van der Waals surface area contributed by atoms with E-state index in [2.05, 4.69) is 5.32 Å². The summed E-state index contributed by atoms with van der Waals surface area (Å²) < 4.78 is 0. The van der Waals surface area contributed by atoms with Crippen LogP contribution in [0.5, 0.6) is 0 Å². The minimum Gasteiger partial charge on any atom is -0.339 e. The van der Waals surface area contributed by atoms with Crippen LogP contribution in [-0.2, 0) is 9.59 Å². The first-order valence-corrected chi connectivity index (χ1v) is 6.76. The smallest absolute Gasteiger partial charge is 0.226 e. The second kappa shape index (κ2) is 6.06. The highest BCUT2D eigenvalue weighted by molar-refractivity contribution is 6.30. The molecule has 1 N–H and O–H groups in total. The van der Waals surface area contributed by atoms with Crippen LogP contribution in [0, 0.1) is 0 Å². The van der Waals surface area contributed by atoms with E-state index in [0.717, 1.165) is 18.5 Å².